The zero-order valence-electron chi connectivity index (χ0n) is 18.3. The molecule has 1 aromatic heterocycles. The summed E-state index contributed by atoms with van der Waals surface area (Å²) in [5, 5.41) is 0. The number of carbonyl (C=O) groups is 1. The normalized spacial score (nSPS) is 24.2. The van der Waals surface area contributed by atoms with Gasteiger partial charge in [-0.25, -0.2) is 4.98 Å². The molecule has 2 aromatic rings. The van der Waals surface area contributed by atoms with E-state index in [1.807, 2.05) is 43.9 Å². The summed E-state index contributed by atoms with van der Waals surface area (Å²) in [5.41, 5.74) is 2.01. The van der Waals surface area contributed by atoms with Gasteiger partial charge < -0.3 is 4.74 Å². The molecule has 2 aliphatic rings. The molecule has 1 spiro atoms. The molecule has 0 unspecified atom stereocenters. The van der Waals surface area contributed by atoms with Crippen molar-refractivity contribution in [3.8, 4) is 5.75 Å². The van der Waals surface area contributed by atoms with E-state index >= 15 is 0 Å². The fourth-order valence-electron chi connectivity index (χ4n) is 4.74. The van der Waals surface area contributed by atoms with Gasteiger partial charge in [0.2, 0.25) is 0 Å². The number of aromatic nitrogens is 1. The summed E-state index contributed by atoms with van der Waals surface area (Å²) in [5.74, 6) is 1.74. The highest BCUT2D eigenvalue weighted by molar-refractivity contribution is 6.05. The Balaban J connectivity index is 1.51. The van der Waals surface area contributed by atoms with Crippen LogP contribution in [0.1, 0.15) is 44.7 Å². The van der Waals surface area contributed by atoms with Gasteiger partial charge in [0.15, 0.2) is 0 Å². The van der Waals surface area contributed by atoms with Gasteiger partial charge in [-0.05, 0) is 69.9 Å². The third kappa shape index (κ3) is 3.99. The molecule has 2 atom stereocenters. The Morgan fingerprint density at radius 3 is 2.83 bits per heavy atom. The maximum atomic E-state index is 12.8. The maximum absolute atomic E-state index is 12.8. The Kier molecular flexibility index (Phi) is 5.65. The second-order valence-corrected chi connectivity index (χ2v) is 8.84. The predicted molar refractivity (Wildman–Crippen MR) is 120 cm³/mol. The molecular weight excluding hydrogens is 374 g/mol. The monoisotopic (exact) mass is 405 g/mol. The Morgan fingerprint density at radius 1 is 1.27 bits per heavy atom. The number of likely N-dealkylation sites (tertiary alicyclic amines) is 1. The van der Waals surface area contributed by atoms with Gasteiger partial charge in [-0.15, -0.1) is 0 Å². The van der Waals surface area contributed by atoms with Gasteiger partial charge in [-0.3, -0.25) is 14.6 Å². The van der Waals surface area contributed by atoms with Crippen LogP contribution in [-0.4, -0.2) is 40.0 Å². The number of hydrogen-bond acceptors (Lipinski definition) is 4. The van der Waals surface area contributed by atoms with Crippen molar-refractivity contribution in [1.82, 2.24) is 9.88 Å². The van der Waals surface area contributed by atoms with E-state index in [9.17, 15) is 4.79 Å². The van der Waals surface area contributed by atoms with E-state index in [0.717, 1.165) is 43.1 Å². The lowest BCUT2D eigenvalue weighted by molar-refractivity contribution is -0.114. The second-order valence-electron chi connectivity index (χ2n) is 8.84. The van der Waals surface area contributed by atoms with Crippen LogP contribution < -0.4 is 9.64 Å². The number of anilines is 1. The van der Waals surface area contributed by atoms with Crippen LogP contribution in [0.15, 0.2) is 54.7 Å². The van der Waals surface area contributed by atoms with E-state index in [4.69, 9.17) is 4.74 Å². The predicted octanol–water partition coefficient (Wildman–Crippen LogP) is 4.50. The van der Waals surface area contributed by atoms with Crippen molar-refractivity contribution in [1.29, 1.82) is 0 Å². The fourth-order valence-corrected chi connectivity index (χ4v) is 4.74. The molecule has 0 aliphatic carbocycles. The summed E-state index contributed by atoms with van der Waals surface area (Å²) in [6, 6.07) is 12.7. The number of carbonyl (C=O) groups excluding carboxylic acids is 1. The fraction of sp³-hybridized carbons (Fsp3) is 0.440. The number of hydrogen-bond donors (Lipinski definition) is 0. The average Bonchev–Trinajstić information content (AvgIpc) is 3.00. The molecule has 1 amide bonds. The van der Waals surface area contributed by atoms with Crippen LogP contribution in [-0.2, 0) is 11.3 Å². The third-order valence-electron chi connectivity index (χ3n) is 6.16. The molecule has 5 heteroatoms. The molecule has 0 bridgehead atoms. The Morgan fingerprint density at radius 2 is 2.10 bits per heavy atom. The van der Waals surface area contributed by atoms with Crippen molar-refractivity contribution >= 4 is 11.7 Å². The first-order valence-corrected chi connectivity index (χ1v) is 10.8. The van der Waals surface area contributed by atoms with Crippen molar-refractivity contribution < 1.29 is 9.53 Å². The number of pyridine rings is 1. The van der Waals surface area contributed by atoms with Crippen LogP contribution in [0.2, 0.25) is 0 Å². The minimum atomic E-state index is -0.283. The molecule has 0 N–H and O–H groups in total. The summed E-state index contributed by atoms with van der Waals surface area (Å²) >= 11 is 0. The van der Waals surface area contributed by atoms with Crippen molar-refractivity contribution in [3.63, 3.8) is 0 Å². The van der Waals surface area contributed by atoms with Crippen molar-refractivity contribution in [2.45, 2.75) is 64.8 Å². The largest absolute Gasteiger partial charge is 0.491 e. The van der Waals surface area contributed by atoms with E-state index in [1.54, 1.807) is 12.3 Å². The number of aryl methyl sites for hydroxylation is 1. The SMILES string of the molecule is Cc1cccnc1N1C(=O)C=C[C@]12CCN(Cc1cccc(OC(C)C)c1)[C@@H](C)C2. The molecule has 0 saturated carbocycles. The molecule has 1 saturated heterocycles. The lowest BCUT2D eigenvalue weighted by Gasteiger charge is -2.47. The van der Waals surface area contributed by atoms with Crippen LogP contribution >= 0.6 is 0 Å². The number of nitrogens with zero attached hydrogens (tertiary/aromatic N) is 3. The number of ether oxygens (including phenoxy) is 1. The minimum Gasteiger partial charge on any atom is -0.491 e. The van der Waals surface area contributed by atoms with E-state index < -0.39 is 0 Å². The van der Waals surface area contributed by atoms with Crippen molar-refractivity contribution in [2.24, 2.45) is 0 Å². The van der Waals surface area contributed by atoms with Crippen molar-refractivity contribution in [2.75, 3.05) is 11.4 Å². The van der Waals surface area contributed by atoms with E-state index in [2.05, 4.69) is 41.1 Å². The van der Waals surface area contributed by atoms with Crippen LogP contribution in [0.25, 0.3) is 0 Å². The summed E-state index contributed by atoms with van der Waals surface area (Å²) in [6.07, 6.45) is 7.57. The average molecular weight is 406 g/mol. The first kappa shape index (κ1) is 20.6. The van der Waals surface area contributed by atoms with Crippen LogP contribution in [0, 0.1) is 6.92 Å². The van der Waals surface area contributed by atoms with Gasteiger partial charge in [0.05, 0.1) is 11.6 Å². The highest BCUT2D eigenvalue weighted by Gasteiger charge is 2.47. The third-order valence-corrected chi connectivity index (χ3v) is 6.16. The van der Waals surface area contributed by atoms with Gasteiger partial charge in [0.25, 0.3) is 5.91 Å². The summed E-state index contributed by atoms with van der Waals surface area (Å²) in [6.45, 7) is 10.2. The Labute approximate surface area is 179 Å². The molecular formula is C25H31N3O2. The quantitative estimate of drug-likeness (QED) is 0.735. The maximum Gasteiger partial charge on any atom is 0.252 e. The summed E-state index contributed by atoms with van der Waals surface area (Å²) < 4.78 is 5.85. The van der Waals surface area contributed by atoms with Crippen molar-refractivity contribution in [3.05, 3.63) is 65.9 Å². The van der Waals surface area contributed by atoms with Crippen LogP contribution in [0.5, 0.6) is 5.75 Å². The highest BCUT2D eigenvalue weighted by Crippen LogP contribution is 2.41. The lowest BCUT2D eigenvalue weighted by Crippen LogP contribution is -2.56. The molecule has 158 valence electrons. The highest BCUT2D eigenvalue weighted by atomic mass is 16.5. The van der Waals surface area contributed by atoms with Gasteiger partial charge in [0.1, 0.15) is 11.6 Å². The van der Waals surface area contributed by atoms with E-state index in [1.165, 1.54) is 5.56 Å². The van der Waals surface area contributed by atoms with Gasteiger partial charge in [0, 0.05) is 31.4 Å². The molecule has 30 heavy (non-hydrogen) atoms. The number of benzene rings is 1. The first-order valence-electron chi connectivity index (χ1n) is 10.8. The minimum absolute atomic E-state index is 0.0379. The molecule has 3 heterocycles. The molecule has 1 aromatic carbocycles. The topological polar surface area (TPSA) is 45.7 Å². The number of amides is 1. The van der Waals surface area contributed by atoms with Crippen LogP contribution in [0.3, 0.4) is 0 Å². The molecule has 5 nitrogen and oxygen atoms in total. The first-order chi connectivity index (χ1) is 14.4. The molecule has 2 aliphatic heterocycles. The Hall–Kier alpha value is -2.66. The molecule has 4 rings (SSSR count). The molecule has 1 fully saturated rings. The second kappa shape index (κ2) is 8.23. The van der Waals surface area contributed by atoms with Gasteiger partial charge in [-0.2, -0.15) is 0 Å². The summed E-state index contributed by atoms with van der Waals surface area (Å²) in [7, 11) is 0. The van der Waals surface area contributed by atoms with Crippen LogP contribution in [0.4, 0.5) is 5.82 Å². The lowest BCUT2D eigenvalue weighted by atomic mass is 9.83. The Bertz CT molecular complexity index is 955. The summed E-state index contributed by atoms with van der Waals surface area (Å²) in [4.78, 5) is 21.7. The standard InChI is InChI=1S/C25H31N3O2/c1-18(2)30-22-9-5-8-21(15-22)17-27-14-12-25(16-20(27)4)11-10-23(29)28(25)24-19(3)7-6-13-26-24/h5-11,13,15,18,20H,12,14,16-17H2,1-4H3/t20-,25+/m0/s1. The van der Waals surface area contributed by atoms with Gasteiger partial charge in [-0.1, -0.05) is 24.3 Å². The zero-order chi connectivity index (χ0) is 21.3. The van der Waals surface area contributed by atoms with E-state index in [0.29, 0.717) is 6.04 Å². The molecule has 0 radical (unpaired) electrons. The smallest absolute Gasteiger partial charge is 0.252 e. The number of rotatable bonds is 5. The van der Waals surface area contributed by atoms with E-state index in [-0.39, 0.29) is 17.6 Å². The number of piperidine rings is 1. The van der Waals surface area contributed by atoms with Gasteiger partial charge >= 0.3 is 0 Å². The zero-order valence-corrected chi connectivity index (χ0v) is 18.3.